The molecule has 1 amide bonds. The van der Waals surface area contributed by atoms with Gasteiger partial charge in [-0.05, 0) is 12.1 Å². The molecule has 1 unspecified atom stereocenters. The number of para-hydroxylation sites is 1. The number of rotatable bonds is 4. The molecule has 2 aliphatic heterocycles. The lowest BCUT2D eigenvalue weighted by atomic mass is 10.1. The van der Waals surface area contributed by atoms with Crippen molar-refractivity contribution in [2.24, 2.45) is 0 Å². The van der Waals surface area contributed by atoms with Crippen molar-refractivity contribution in [2.45, 2.75) is 12.2 Å². The number of alkyl halides is 3. The Morgan fingerprint density at radius 2 is 1.92 bits per heavy atom. The summed E-state index contributed by atoms with van der Waals surface area (Å²) in [7, 11) is 0. The molecule has 1 saturated heterocycles. The van der Waals surface area contributed by atoms with E-state index in [0.29, 0.717) is 32.1 Å². The van der Waals surface area contributed by atoms with Crippen LogP contribution in [0.15, 0.2) is 18.2 Å². The highest BCUT2D eigenvalue weighted by Gasteiger charge is 2.44. The maximum Gasteiger partial charge on any atom is 0.405 e. The van der Waals surface area contributed by atoms with Crippen LogP contribution in [-0.4, -0.2) is 69.0 Å². The molecule has 2 heterocycles. The monoisotopic (exact) mass is 395 g/mol. The lowest BCUT2D eigenvalue weighted by molar-refractivity contribution is -0.183. The first-order valence-electron chi connectivity index (χ1n) is 8.15. The van der Waals surface area contributed by atoms with Gasteiger partial charge in [0.2, 0.25) is 0 Å². The topological polar surface area (TPSA) is 62.8 Å². The number of ether oxygens (including phenoxy) is 2. The highest BCUT2D eigenvalue weighted by molar-refractivity contribution is 5.97. The lowest BCUT2D eigenvalue weighted by Gasteiger charge is -2.36. The highest BCUT2D eigenvalue weighted by atomic mass is 35.5. The summed E-state index contributed by atoms with van der Waals surface area (Å²) in [5.41, 5.74) is 0.179. The van der Waals surface area contributed by atoms with Crippen LogP contribution in [0, 0.1) is 0 Å². The van der Waals surface area contributed by atoms with E-state index >= 15 is 0 Å². The summed E-state index contributed by atoms with van der Waals surface area (Å²) in [5, 5.41) is 5.42. The van der Waals surface area contributed by atoms with Gasteiger partial charge in [0.1, 0.15) is 19.3 Å². The fourth-order valence-electron chi connectivity index (χ4n) is 2.98. The molecule has 0 radical (unpaired) electrons. The van der Waals surface area contributed by atoms with Crippen LogP contribution in [0.1, 0.15) is 10.4 Å². The molecule has 2 aliphatic rings. The Morgan fingerprint density at radius 3 is 2.62 bits per heavy atom. The van der Waals surface area contributed by atoms with Gasteiger partial charge in [-0.1, -0.05) is 6.07 Å². The predicted octanol–water partition coefficient (Wildman–Crippen LogP) is 1.45. The van der Waals surface area contributed by atoms with Crippen LogP contribution < -0.4 is 20.1 Å². The summed E-state index contributed by atoms with van der Waals surface area (Å²) in [5.74, 6) is 0.0945. The van der Waals surface area contributed by atoms with Gasteiger partial charge in [-0.3, -0.25) is 9.69 Å². The molecule has 6 nitrogen and oxygen atoms in total. The molecular formula is C16H21ClF3N3O3. The zero-order valence-corrected chi connectivity index (χ0v) is 14.8. The van der Waals surface area contributed by atoms with Crippen molar-refractivity contribution in [1.29, 1.82) is 0 Å². The third-order valence-corrected chi connectivity index (χ3v) is 4.24. The van der Waals surface area contributed by atoms with Crippen molar-refractivity contribution >= 4 is 18.3 Å². The zero-order chi connectivity index (χ0) is 17.9. The second-order valence-electron chi connectivity index (χ2n) is 5.88. The Kier molecular flexibility index (Phi) is 6.96. The Morgan fingerprint density at radius 1 is 1.23 bits per heavy atom. The minimum Gasteiger partial charge on any atom is -0.486 e. The van der Waals surface area contributed by atoms with Gasteiger partial charge in [-0.2, -0.15) is 13.2 Å². The molecule has 0 saturated carbocycles. The number of amides is 1. The molecule has 146 valence electrons. The Bertz CT molecular complexity index is 624. The fourth-order valence-corrected chi connectivity index (χ4v) is 2.98. The average molecular weight is 396 g/mol. The van der Waals surface area contributed by atoms with E-state index in [1.54, 1.807) is 12.1 Å². The Hall–Kier alpha value is -1.71. The highest BCUT2D eigenvalue weighted by Crippen LogP contribution is 2.33. The molecule has 1 fully saturated rings. The number of benzene rings is 1. The fraction of sp³-hybridized carbons (Fsp3) is 0.562. The maximum absolute atomic E-state index is 13.4. The third-order valence-electron chi connectivity index (χ3n) is 4.24. The SMILES string of the molecule is Cl.O=C(NCC(N1CCNCC1)C(F)(F)F)c1cccc2c1OCCO2. The normalized spacial score (nSPS) is 18.6. The van der Waals surface area contributed by atoms with Crippen molar-refractivity contribution in [2.75, 3.05) is 45.9 Å². The van der Waals surface area contributed by atoms with Crippen LogP contribution >= 0.6 is 12.4 Å². The van der Waals surface area contributed by atoms with Crippen molar-refractivity contribution in [1.82, 2.24) is 15.5 Å². The van der Waals surface area contributed by atoms with Crippen LogP contribution in [0.25, 0.3) is 0 Å². The molecule has 0 spiro atoms. The van der Waals surface area contributed by atoms with E-state index < -0.39 is 24.7 Å². The number of carbonyl (C=O) groups is 1. The third kappa shape index (κ3) is 4.72. The minimum absolute atomic E-state index is 0. The van der Waals surface area contributed by atoms with Crippen LogP contribution in [0.5, 0.6) is 11.5 Å². The first-order valence-corrected chi connectivity index (χ1v) is 8.15. The van der Waals surface area contributed by atoms with Crippen molar-refractivity contribution in [3.63, 3.8) is 0 Å². The van der Waals surface area contributed by atoms with Crippen LogP contribution in [0.4, 0.5) is 13.2 Å². The van der Waals surface area contributed by atoms with Crippen molar-refractivity contribution < 1.29 is 27.4 Å². The number of halogens is 4. The first-order chi connectivity index (χ1) is 12.0. The van der Waals surface area contributed by atoms with Crippen molar-refractivity contribution in [3.8, 4) is 11.5 Å². The van der Waals surface area contributed by atoms with E-state index in [1.165, 1.54) is 11.0 Å². The van der Waals surface area contributed by atoms with E-state index in [9.17, 15) is 18.0 Å². The number of hydrogen-bond donors (Lipinski definition) is 2. The van der Waals surface area contributed by atoms with E-state index in [-0.39, 0.29) is 36.8 Å². The van der Waals surface area contributed by atoms with E-state index in [1.807, 2.05) is 0 Å². The van der Waals surface area contributed by atoms with Gasteiger partial charge in [-0.15, -0.1) is 12.4 Å². The Balaban J connectivity index is 0.00000243. The summed E-state index contributed by atoms with van der Waals surface area (Å²) in [6.07, 6.45) is -4.42. The number of piperazine rings is 1. The van der Waals surface area contributed by atoms with Crippen LogP contribution in [-0.2, 0) is 0 Å². The summed E-state index contributed by atoms with van der Waals surface area (Å²) < 4.78 is 50.9. The van der Waals surface area contributed by atoms with Gasteiger partial charge < -0.3 is 20.1 Å². The Labute approximate surface area is 155 Å². The first kappa shape index (κ1) is 20.6. The summed E-state index contributed by atoms with van der Waals surface area (Å²) in [4.78, 5) is 13.7. The van der Waals surface area contributed by atoms with E-state index in [4.69, 9.17) is 9.47 Å². The molecule has 0 bridgehead atoms. The second kappa shape index (κ2) is 8.79. The van der Waals surface area contributed by atoms with E-state index in [2.05, 4.69) is 10.6 Å². The number of carbonyl (C=O) groups excluding carboxylic acids is 1. The molecule has 26 heavy (non-hydrogen) atoms. The smallest absolute Gasteiger partial charge is 0.405 e. The molecule has 1 atom stereocenters. The molecule has 3 rings (SSSR count). The predicted molar refractivity (Wildman–Crippen MR) is 91.3 cm³/mol. The van der Waals surface area contributed by atoms with Gasteiger partial charge in [0.25, 0.3) is 5.91 Å². The standard InChI is InChI=1S/C16H20F3N3O3.ClH/c17-16(18,19)13(22-6-4-20-5-7-22)10-21-15(23)11-2-1-3-12-14(11)25-9-8-24-12;/h1-3,13,20H,4-10H2,(H,21,23);1H. The van der Waals surface area contributed by atoms with Gasteiger partial charge >= 0.3 is 6.18 Å². The van der Waals surface area contributed by atoms with E-state index in [0.717, 1.165) is 0 Å². The number of fused-ring (bicyclic) bond motifs is 1. The maximum atomic E-state index is 13.4. The average Bonchev–Trinajstić information content (AvgIpc) is 2.61. The van der Waals surface area contributed by atoms with Gasteiger partial charge in [0, 0.05) is 32.7 Å². The minimum atomic E-state index is -4.42. The number of hydrogen-bond acceptors (Lipinski definition) is 5. The van der Waals surface area contributed by atoms with Gasteiger partial charge in [0.15, 0.2) is 11.5 Å². The zero-order valence-electron chi connectivity index (χ0n) is 14.0. The number of nitrogens with one attached hydrogen (secondary N) is 2. The van der Waals surface area contributed by atoms with Crippen LogP contribution in [0.2, 0.25) is 0 Å². The molecule has 1 aromatic rings. The molecule has 1 aromatic carbocycles. The van der Waals surface area contributed by atoms with Crippen molar-refractivity contribution in [3.05, 3.63) is 23.8 Å². The molecule has 2 N–H and O–H groups in total. The number of nitrogens with zero attached hydrogens (tertiary/aromatic N) is 1. The second-order valence-corrected chi connectivity index (χ2v) is 5.88. The largest absolute Gasteiger partial charge is 0.486 e. The summed E-state index contributed by atoms with van der Waals surface area (Å²) in [6.45, 7) is 1.73. The summed E-state index contributed by atoms with van der Waals surface area (Å²) in [6, 6.07) is 3.07. The molecule has 0 aliphatic carbocycles. The van der Waals surface area contributed by atoms with Gasteiger partial charge in [-0.25, -0.2) is 0 Å². The molecular weight excluding hydrogens is 375 g/mol. The van der Waals surface area contributed by atoms with Crippen LogP contribution in [0.3, 0.4) is 0 Å². The molecule has 10 heteroatoms. The molecule has 0 aromatic heterocycles. The summed E-state index contributed by atoms with van der Waals surface area (Å²) >= 11 is 0. The quantitative estimate of drug-likeness (QED) is 0.808. The lowest BCUT2D eigenvalue weighted by Crippen LogP contribution is -2.57. The van der Waals surface area contributed by atoms with Gasteiger partial charge in [0.05, 0.1) is 5.56 Å².